The minimum absolute atomic E-state index is 0.113. The Bertz CT molecular complexity index is 1140. The third-order valence-electron chi connectivity index (χ3n) is 4.94. The van der Waals surface area contributed by atoms with Gasteiger partial charge in [-0.05, 0) is 41.8 Å². The summed E-state index contributed by atoms with van der Waals surface area (Å²) in [6.45, 7) is 0.538. The lowest BCUT2D eigenvalue weighted by Crippen LogP contribution is -2.26. The zero-order valence-corrected chi connectivity index (χ0v) is 16.8. The van der Waals surface area contributed by atoms with Gasteiger partial charge in [0.15, 0.2) is 0 Å². The maximum atomic E-state index is 12.9. The summed E-state index contributed by atoms with van der Waals surface area (Å²) in [6, 6.07) is 27.4. The van der Waals surface area contributed by atoms with E-state index in [0.29, 0.717) is 12.1 Å². The lowest BCUT2D eigenvalue weighted by Gasteiger charge is -2.09. The summed E-state index contributed by atoms with van der Waals surface area (Å²) in [5.74, 6) is 0.703. The van der Waals surface area contributed by atoms with Gasteiger partial charge in [0.1, 0.15) is 5.75 Å². The number of ether oxygens (including phenoxy) is 1. The fourth-order valence-electron chi connectivity index (χ4n) is 3.37. The number of H-pyrrole nitrogens is 1. The Kier molecular flexibility index (Phi) is 5.90. The molecule has 3 aromatic carbocycles. The molecular formula is C25H23N3O2. The van der Waals surface area contributed by atoms with Crippen LogP contribution >= 0.6 is 0 Å². The molecule has 5 nitrogen and oxygen atoms in total. The molecule has 1 heterocycles. The van der Waals surface area contributed by atoms with Crippen LogP contribution in [-0.2, 0) is 6.42 Å². The van der Waals surface area contributed by atoms with E-state index in [1.807, 2.05) is 84.9 Å². The topological polar surface area (TPSA) is 67.0 Å². The Morgan fingerprint density at radius 1 is 0.967 bits per heavy atom. The highest BCUT2D eigenvalue weighted by Gasteiger charge is 2.15. The molecular weight excluding hydrogens is 374 g/mol. The molecule has 0 radical (unpaired) electrons. The first kappa shape index (κ1) is 19.5. The Balaban J connectivity index is 1.48. The van der Waals surface area contributed by atoms with Crippen molar-refractivity contribution in [2.45, 2.75) is 6.42 Å². The molecule has 5 heteroatoms. The van der Waals surface area contributed by atoms with Crippen molar-refractivity contribution in [1.82, 2.24) is 15.5 Å². The fourth-order valence-corrected chi connectivity index (χ4v) is 3.37. The number of hydrogen-bond donors (Lipinski definition) is 2. The lowest BCUT2D eigenvalue weighted by atomic mass is 10.0. The Morgan fingerprint density at radius 2 is 1.77 bits per heavy atom. The van der Waals surface area contributed by atoms with E-state index in [-0.39, 0.29) is 5.91 Å². The molecule has 0 aliphatic heterocycles. The molecule has 4 rings (SSSR count). The van der Waals surface area contributed by atoms with E-state index in [1.165, 1.54) is 0 Å². The molecule has 1 aromatic heterocycles. The fraction of sp³-hybridized carbons (Fsp3) is 0.120. The second kappa shape index (κ2) is 9.09. The van der Waals surface area contributed by atoms with Crippen LogP contribution in [-0.4, -0.2) is 29.8 Å². The predicted octanol–water partition coefficient (Wildman–Crippen LogP) is 4.72. The van der Waals surface area contributed by atoms with Crippen LogP contribution in [0.1, 0.15) is 15.9 Å². The average molecular weight is 397 g/mol. The van der Waals surface area contributed by atoms with Gasteiger partial charge < -0.3 is 10.1 Å². The predicted molar refractivity (Wildman–Crippen MR) is 118 cm³/mol. The van der Waals surface area contributed by atoms with Crippen molar-refractivity contribution in [2.75, 3.05) is 13.7 Å². The molecule has 0 bridgehead atoms. The molecule has 0 atom stereocenters. The highest BCUT2D eigenvalue weighted by molar-refractivity contribution is 6.00. The number of methoxy groups -OCH3 is 1. The van der Waals surface area contributed by atoms with E-state index in [9.17, 15) is 4.79 Å². The number of nitrogens with zero attached hydrogens (tertiary/aromatic N) is 1. The van der Waals surface area contributed by atoms with Crippen LogP contribution in [0.3, 0.4) is 0 Å². The molecule has 30 heavy (non-hydrogen) atoms. The Hall–Kier alpha value is -3.86. The maximum absolute atomic E-state index is 12.9. The van der Waals surface area contributed by atoms with Gasteiger partial charge in [0.05, 0.1) is 18.5 Å². The van der Waals surface area contributed by atoms with E-state index in [2.05, 4.69) is 15.5 Å². The van der Waals surface area contributed by atoms with Crippen LogP contribution in [0.5, 0.6) is 5.75 Å². The highest BCUT2D eigenvalue weighted by Crippen LogP contribution is 2.26. The van der Waals surface area contributed by atoms with Crippen LogP contribution in [0.25, 0.3) is 22.5 Å². The number of carbonyl (C=O) groups is 1. The SMILES string of the molecule is COc1cccc(CCNC(=O)c2ccccc2-c2cc(-c3ccccc3)[nH]n2)c1. The molecule has 1 amide bonds. The second-order valence-corrected chi connectivity index (χ2v) is 6.94. The van der Waals surface area contributed by atoms with E-state index in [4.69, 9.17) is 4.74 Å². The molecule has 0 saturated carbocycles. The number of rotatable bonds is 7. The molecule has 4 aromatic rings. The molecule has 0 unspecified atom stereocenters. The van der Waals surface area contributed by atoms with Crippen molar-refractivity contribution in [2.24, 2.45) is 0 Å². The molecule has 0 aliphatic rings. The van der Waals surface area contributed by atoms with E-state index in [1.54, 1.807) is 7.11 Å². The zero-order valence-electron chi connectivity index (χ0n) is 16.8. The largest absolute Gasteiger partial charge is 0.497 e. The third kappa shape index (κ3) is 4.41. The van der Waals surface area contributed by atoms with Gasteiger partial charge in [0, 0.05) is 17.7 Å². The van der Waals surface area contributed by atoms with Crippen LogP contribution < -0.4 is 10.1 Å². The van der Waals surface area contributed by atoms with Gasteiger partial charge in [-0.15, -0.1) is 0 Å². The first-order valence-electron chi connectivity index (χ1n) is 9.86. The minimum Gasteiger partial charge on any atom is -0.497 e. The number of hydrogen-bond acceptors (Lipinski definition) is 3. The third-order valence-corrected chi connectivity index (χ3v) is 4.94. The smallest absolute Gasteiger partial charge is 0.251 e. The Morgan fingerprint density at radius 3 is 2.60 bits per heavy atom. The van der Waals surface area contributed by atoms with E-state index in [0.717, 1.165) is 40.2 Å². The van der Waals surface area contributed by atoms with Crippen molar-refractivity contribution < 1.29 is 9.53 Å². The summed E-state index contributed by atoms with van der Waals surface area (Å²) in [5, 5.41) is 10.5. The van der Waals surface area contributed by atoms with Crippen LogP contribution in [0.15, 0.2) is 84.9 Å². The Labute approximate surface area is 175 Å². The van der Waals surface area contributed by atoms with E-state index < -0.39 is 0 Å². The van der Waals surface area contributed by atoms with Gasteiger partial charge in [-0.1, -0.05) is 60.7 Å². The zero-order chi connectivity index (χ0) is 20.8. The second-order valence-electron chi connectivity index (χ2n) is 6.94. The molecule has 2 N–H and O–H groups in total. The van der Waals surface area contributed by atoms with Gasteiger partial charge in [-0.2, -0.15) is 5.10 Å². The number of benzene rings is 3. The molecule has 0 aliphatic carbocycles. The monoisotopic (exact) mass is 397 g/mol. The van der Waals surface area contributed by atoms with Gasteiger partial charge in [-0.25, -0.2) is 0 Å². The molecule has 0 saturated heterocycles. The number of nitrogens with one attached hydrogen (secondary N) is 2. The quantitative estimate of drug-likeness (QED) is 0.474. The summed E-state index contributed by atoms with van der Waals surface area (Å²) in [6.07, 6.45) is 0.728. The molecule has 0 fully saturated rings. The molecule has 150 valence electrons. The van der Waals surface area contributed by atoms with Crippen LogP contribution in [0.2, 0.25) is 0 Å². The maximum Gasteiger partial charge on any atom is 0.251 e. The number of amides is 1. The lowest BCUT2D eigenvalue weighted by molar-refractivity contribution is 0.0955. The highest BCUT2D eigenvalue weighted by atomic mass is 16.5. The van der Waals surface area contributed by atoms with Gasteiger partial charge in [-0.3, -0.25) is 9.89 Å². The van der Waals surface area contributed by atoms with Crippen molar-refractivity contribution in [3.05, 3.63) is 96.1 Å². The first-order chi connectivity index (χ1) is 14.7. The summed E-state index contributed by atoms with van der Waals surface area (Å²) >= 11 is 0. The molecule has 0 spiro atoms. The van der Waals surface area contributed by atoms with Crippen LogP contribution in [0, 0.1) is 0 Å². The number of aromatic amines is 1. The summed E-state index contributed by atoms with van der Waals surface area (Å²) in [7, 11) is 1.65. The normalized spacial score (nSPS) is 10.6. The number of carbonyl (C=O) groups excluding carboxylic acids is 1. The average Bonchev–Trinajstić information content (AvgIpc) is 3.30. The van der Waals surface area contributed by atoms with Crippen molar-refractivity contribution in [3.63, 3.8) is 0 Å². The number of aromatic nitrogens is 2. The summed E-state index contributed by atoms with van der Waals surface area (Å²) in [4.78, 5) is 12.9. The van der Waals surface area contributed by atoms with Crippen LogP contribution in [0.4, 0.5) is 0 Å². The summed E-state index contributed by atoms with van der Waals surface area (Å²) in [5.41, 5.74) is 5.23. The van der Waals surface area contributed by atoms with Crippen molar-refractivity contribution in [1.29, 1.82) is 0 Å². The van der Waals surface area contributed by atoms with Crippen molar-refractivity contribution >= 4 is 5.91 Å². The van der Waals surface area contributed by atoms with Gasteiger partial charge in [0.2, 0.25) is 0 Å². The van der Waals surface area contributed by atoms with E-state index >= 15 is 0 Å². The van der Waals surface area contributed by atoms with Gasteiger partial charge >= 0.3 is 0 Å². The standard InChI is InChI=1S/C25H23N3O2/c1-30-20-11-7-8-18(16-20)14-15-26-25(29)22-13-6-5-12-21(22)24-17-23(27-28-24)19-9-3-2-4-10-19/h2-13,16-17H,14-15H2,1H3,(H,26,29)(H,27,28). The summed E-state index contributed by atoms with van der Waals surface area (Å²) < 4.78 is 5.25. The first-order valence-corrected chi connectivity index (χ1v) is 9.86. The van der Waals surface area contributed by atoms with Crippen molar-refractivity contribution in [3.8, 4) is 28.3 Å². The van der Waals surface area contributed by atoms with Gasteiger partial charge in [0.25, 0.3) is 5.91 Å². The minimum atomic E-state index is -0.113.